The molecule has 2 heterocycles. The Labute approximate surface area is 168 Å². The molecule has 0 radical (unpaired) electrons. The molecule has 158 valence electrons. The lowest BCUT2D eigenvalue weighted by atomic mass is 10.0. The molecule has 0 amide bonds. The Bertz CT molecular complexity index is 950. The monoisotopic (exact) mass is 428 g/mol. The molecule has 0 N–H and O–H groups in total. The van der Waals surface area contributed by atoms with Gasteiger partial charge in [-0.1, -0.05) is 12.1 Å². The summed E-state index contributed by atoms with van der Waals surface area (Å²) in [6, 6.07) is 8.12. The second-order valence-electron chi connectivity index (χ2n) is 7.90. The number of alkyl halides is 3. The number of halogens is 3. The summed E-state index contributed by atoms with van der Waals surface area (Å²) in [5.41, 5.74) is 0.689. The number of hydrogen-bond acceptors (Lipinski definition) is 5. The third kappa shape index (κ3) is 4.56. The van der Waals surface area contributed by atoms with E-state index in [1.54, 1.807) is 26.8 Å². The summed E-state index contributed by atoms with van der Waals surface area (Å²) in [4.78, 5) is 6.11. The lowest BCUT2D eigenvalue weighted by molar-refractivity contribution is -0.137. The van der Waals surface area contributed by atoms with Gasteiger partial charge in [0.05, 0.1) is 28.8 Å². The number of rotatable bonds is 3. The largest absolute Gasteiger partial charge is 0.416 e. The molecule has 29 heavy (non-hydrogen) atoms. The molecule has 0 spiro atoms. The molecule has 1 aromatic carbocycles. The van der Waals surface area contributed by atoms with Crippen LogP contribution in [0.5, 0.6) is 0 Å². The number of ether oxygens (including phenoxy) is 1. The molecule has 2 aromatic rings. The first-order chi connectivity index (χ1) is 13.4. The van der Waals surface area contributed by atoms with Crippen LogP contribution in [0.25, 0.3) is 0 Å². The highest BCUT2D eigenvalue weighted by molar-refractivity contribution is 7.92. The number of pyridine rings is 1. The molecule has 1 aliphatic rings. The quantitative estimate of drug-likeness (QED) is 0.732. The molecule has 1 aliphatic heterocycles. The van der Waals surface area contributed by atoms with Crippen LogP contribution in [0.1, 0.15) is 38.0 Å². The van der Waals surface area contributed by atoms with Crippen molar-refractivity contribution in [2.24, 2.45) is 0 Å². The van der Waals surface area contributed by atoms with E-state index in [2.05, 4.69) is 4.98 Å². The van der Waals surface area contributed by atoms with E-state index in [1.807, 2.05) is 4.90 Å². The van der Waals surface area contributed by atoms with Crippen molar-refractivity contribution in [2.75, 3.05) is 24.6 Å². The van der Waals surface area contributed by atoms with Crippen LogP contribution >= 0.6 is 0 Å². The number of aromatic nitrogens is 1. The third-order valence-electron chi connectivity index (χ3n) is 4.84. The predicted molar refractivity (Wildman–Crippen MR) is 104 cm³/mol. The molecule has 5 nitrogen and oxygen atoms in total. The van der Waals surface area contributed by atoms with Gasteiger partial charge in [0.25, 0.3) is 0 Å². The molecule has 3 rings (SSSR count). The molecular weight excluding hydrogens is 405 g/mol. The van der Waals surface area contributed by atoms with E-state index in [9.17, 15) is 21.6 Å². The van der Waals surface area contributed by atoms with Gasteiger partial charge in [-0.15, -0.1) is 0 Å². The van der Waals surface area contributed by atoms with Crippen LogP contribution < -0.4 is 4.90 Å². The minimum atomic E-state index is -4.38. The van der Waals surface area contributed by atoms with Crippen LogP contribution in [-0.2, 0) is 20.8 Å². The molecule has 1 unspecified atom stereocenters. The SMILES string of the molecule is CC(C)(C)S(=O)(=O)c1ccc(N2CCOC(c3ccc(C(F)(F)F)cc3)C2)cn1. The predicted octanol–water partition coefficient (Wildman–Crippen LogP) is 4.25. The van der Waals surface area contributed by atoms with Gasteiger partial charge < -0.3 is 9.64 Å². The summed E-state index contributed by atoms with van der Waals surface area (Å²) in [6.07, 6.45) is -3.25. The highest BCUT2D eigenvalue weighted by Gasteiger charge is 2.33. The van der Waals surface area contributed by atoms with Crippen molar-refractivity contribution in [1.29, 1.82) is 0 Å². The van der Waals surface area contributed by atoms with E-state index in [0.717, 1.165) is 17.8 Å². The average Bonchev–Trinajstić information content (AvgIpc) is 2.67. The third-order valence-corrected chi connectivity index (χ3v) is 7.25. The lowest BCUT2D eigenvalue weighted by Gasteiger charge is -2.34. The van der Waals surface area contributed by atoms with Crippen LogP contribution in [0, 0.1) is 0 Å². The number of morpholine rings is 1. The van der Waals surface area contributed by atoms with Crippen molar-refractivity contribution in [1.82, 2.24) is 4.98 Å². The Hall–Kier alpha value is -2.13. The summed E-state index contributed by atoms with van der Waals surface area (Å²) < 4.78 is 68.0. The van der Waals surface area contributed by atoms with Crippen molar-refractivity contribution in [2.45, 2.75) is 42.8 Å². The zero-order valence-electron chi connectivity index (χ0n) is 16.4. The molecule has 0 aliphatic carbocycles. The number of anilines is 1. The minimum Gasteiger partial charge on any atom is -0.370 e. The number of hydrogen-bond donors (Lipinski definition) is 0. The first kappa shape index (κ1) is 21.6. The molecule has 1 fully saturated rings. The van der Waals surface area contributed by atoms with Crippen molar-refractivity contribution < 1.29 is 26.3 Å². The molecule has 0 bridgehead atoms. The Morgan fingerprint density at radius 1 is 1.07 bits per heavy atom. The Balaban J connectivity index is 1.76. The van der Waals surface area contributed by atoms with E-state index in [4.69, 9.17) is 4.74 Å². The van der Waals surface area contributed by atoms with Gasteiger partial charge in [-0.3, -0.25) is 0 Å². The summed E-state index contributed by atoms with van der Waals surface area (Å²) >= 11 is 0. The molecule has 1 atom stereocenters. The normalized spacial score (nSPS) is 18.7. The van der Waals surface area contributed by atoms with Crippen molar-refractivity contribution in [3.05, 3.63) is 53.7 Å². The maximum atomic E-state index is 12.7. The van der Waals surface area contributed by atoms with Crippen LogP contribution in [0.2, 0.25) is 0 Å². The maximum Gasteiger partial charge on any atom is 0.416 e. The van der Waals surface area contributed by atoms with Gasteiger partial charge in [0.2, 0.25) is 0 Å². The van der Waals surface area contributed by atoms with Crippen molar-refractivity contribution >= 4 is 15.5 Å². The zero-order valence-corrected chi connectivity index (χ0v) is 17.2. The second kappa shape index (κ2) is 7.60. The average molecular weight is 428 g/mol. The van der Waals surface area contributed by atoms with Crippen LogP contribution in [0.4, 0.5) is 18.9 Å². The number of nitrogens with zero attached hydrogens (tertiary/aromatic N) is 2. The molecule has 1 saturated heterocycles. The lowest BCUT2D eigenvalue weighted by Crippen LogP contribution is -2.38. The van der Waals surface area contributed by atoms with Crippen LogP contribution in [-0.4, -0.2) is 37.8 Å². The van der Waals surface area contributed by atoms with Gasteiger partial charge in [-0.05, 0) is 50.6 Å². The molecule has 1 aromatic heterocycles. The Morgan fingerprint density at radius 3 is 2.24 bits per heavy atom. The van der Waals surface area contributed by atoms with E-state index >= 15 is 0 Å². The fourth-order valence-electron chi connectivity index (χ4n) is 3.00. The number of sulfone groups is 1. The Kier molecular flexibility index (Phi) is 5.66. The fraction of sp³-hybridized carbons (Fsp3) is 0.450. The van der Waals surface area contributed by atoms with Gasteiger partial charge >= 0.3 is 6.18 Å². The van der Waals surface area contributed by atoms with Crippen LogP contribution in [0.15, 0.2) is 47.6 Å². The topological polar surface area (TPSA) is 59.5 Å². The zero-order chi connectivity index (χ0) is 21.4. The first-order valence-electron chi connectivity index (χ1n) is 9.14. The summed E-state index contributed by atoms with van der Waals surface area (Å²) in [5, 5.41) is 0.0151. The van der Waals surface area contributed by atoms with Gasteiger partial charge in [0.1, 0.15) is 6.10 Å². The van der Waals surface area contributed by atoms with Crippen LogP contribution in [0.3, 0.4) is 0 Å². The fourth-order valence-corrected chi connectivity index (χ4v) is 4.07. The standard InChI is InChI=1S/C20H23F3N2O3S/c1-19(2,3)29(26,27)18-9-8-16(12-24-18)25-10-11-28-17(13-25)14-4-6-15(7-5-14)20(21,22)23/h4-9,12,17H,10-11,13H2,1-3H3. The molecule has 9 heteroatoms. The first-order valence-corrected chi connectivity index (χ1v) is 10.6. The van der Waals surface area contributed by atoms with Gasteiger partial charge in [0.15, 0.2) is 14.9 Å². The van der Waals surface area contributed by atoms with Crippen molar-refractivity contribution in [3.8, 4) is 0 Å². The van der Waals surface area contributed by atoms with Crippen molar-refractivity contribution in [3.63, 3.8) is 0 Å². The second-order valence-corrected chi connectivity index (χ2v) is 10.5. The van der Waals surface area contributed by atoms with E-state index in [-0.39, 0.29) is 11.1 Å². The van der Waals surface area contributed by atoms with Gasteiger partial charge in [-0.2, -0.15) is 13.2 Å². The molecule has 0 saturated carbocycles. The van der Waals surface area contributed by atoms with E-state index in [0.29, 0.717) is 25.3 Å². The van der Waals surface area contributed by atoms with Gasteiger partial charge in [0, 0.05) is 13.1 Å². The molecular formula is C20H23F3N2O3S. The highest BCUT2D eigenvalue weighted by atomic mass is 32.2. The summed E-state index contributed by atoms with van der Waals surface area (Å²) in [7, 11) is -3.54. The smallest absolute Gasteiger partial charge is 0.370 e. The van der Waals surface area contributed by atoms with Gasteiger partial charge in [-0.25, -0.2) is 13.4 Å². The van der Waals surface area contributed by atoms with E-state index < -0.39 is 26.3 Å². The van der Waals surface area contributed by atoms with E-state index in [1.165, 1.54) is 24.4 Å². The Morgan fingerprint density at radius 2 is 1.72 bits per heavy atom. The maximum absolute atomic E-state index is 12.7. The minimum absolute atomic E-state index is 0.0151. The summed E-state index contributed by atoms with van der Waals surface area (Å²) in [5.74, 6) is 0. The highest BCUT2D eigenvalue weighted by Crippen LogP contribution is 2.32. The number of benzene rings is 1. The summed E-state index contributed by atoms with van der Waals surface area (Å²) in [6.45, 7) is 6.26.